The Labute approximate surface area is 173 Å². The van der Waals surface area contributed by atoms with Crippen LogP contribution in [-0.2, 0) is 10.0 Å². The maximum Gasteiger partial charge on any atom is 0.321 e. The summed E-state index contributed by atoms with van der Waals surface area (Å²) in [6.07, 6.45) is 4.18. The number of amides is 2. The van der Waals surface area contributed by atoms with Crippen molar-refractivity contribution < 1.29 is 23.2 Å². The third kappa shape index (κ3) is 5.17. The molecule has 2 aromatic carbocycles. The number of benzene rings is 2. The minimum atomic E-state index is -4.10. The Kier molecular flexibility index (Phi) is 6.40. The molecular weight excluding hydrogens is 412 g/mol. The Morgan fingerprint density at radius 1 is 1.00 bits per heavy atom. The van der Waals surface area contributed by atoms with Crippen molar-refractivity contribution >= 4 is 33.1 Å². The van der Waals surface area contributed by atoms with Gasteiger partial charge in [0.15, 0.2) is 5.75 Å². The van der Waals surface area contributed by atoms with Crippen molar-refractivity contribution in [2.24, 2.45) is 0 Å². The van der Waals surface area contributed by atoms with E-state index in [1.807, 2.05) is 0 Å². The molecule has 0 aliphatic carbocycles. The summed E-state index contributed by atoms with van der Waals surface area (Å²) in [6, 6.07) is 8.69. The molecule has 1 aliphatic rings. The second-order valence-electron chi connectivity index (χ2n) is 6.92. The summed E-state index contributed by atoms with van der Waals surface area (Å²) in [7, 11) is -4.10. The number of carbonyl (C=O) groups is 1. The lowest BCUT2D eigenvalue weighted by Crippen LogP contribution is -2.35. The molecule has 2 amide bonds. The van der Waals surface area contributed by atoms with E-state index in [9.17, 15) is 28.4 Å². The highest BCUT2D eigenvalue weighted by atomic mass is 32.2. The third-order valence-electron chi connectivity index (χ3n) is 4.74. The van der Waals surface area contributed by atoms with Crippen LogP contribution >= 0.6 is 0 Å². The van der Waals surface area contributed by atoms with Crippen LogP contribution in [-0.4, -0.2) is 42.5 Å². The maximum atomic E-state index is 12.5. The number of carbonyl (C=O) groups excluding carboxylic acids is 1. The second-order valence-corrected chi connectivity index (χ2v) is 8.60. The first kappa shape index (κ1) is 21.4. The van der Waals surface area contributed by atoms with E-state index in [0.717, 1.165) is 43.9 Å². The summed E-state index contributed by atoms with van der Waals surface area (Å²) >= 11 is 0. The van der Waals surface area contributed by atoms with Crippen LogP contribution in [0.25, 0.3) is 0 Å². The highest BCUT2D eigenvalue weighted by Gasteiger charge is 2.21. The number of nitrogens with zero attached hydrogens (tertiary/aromatic N) is 2. The number of nitro benzene ring substituents is 1. The number of nitrogens with one attached hydrogen (secondary N) is 2. The predicted octanol–water partition coefficient (Wildman–Crippen LogP) is 3.51. The van der Waals surface area contributed by atoms with Gasteiger partial charge in [0.1, 0.15) is 0 Å². The number of likely N-dealkylation sites (tertiary alicyclic amines) is 1. The molecule has 10 nitrogen and oxygen atoms in total. The minimum Gasteiger partial charge on any atom is -0.502 e. The lowest BCUT2D eigenvalue weighted by molar-refractivity contribution is -0.386. The first-order valence-corrected chi connectivity index (χ1v) is 10.9. The van der Waals surface area contributed by atoms with E-state index in [1.165, 1.54) is 12.1 Å². The standard InChI is InChI=1S/C19H22N4O6S/c24-18-10-9-16(13-17(18)23(26)27)30(28,29)21-15-7-5-14(6-8-15)20-19(25)22-11-3-1-2-4-12-22/h5-10,13,21,24H,1-4,11-12H2,(H,20,25). The Balaban J connectivity index is 1.68. The van der Waals surface area contributed by atoms with E-state index in [2.05, 4.69) is 10.0 Å². The zero-order valence-electron chi connectivity index (χ0n) is 16.1. The molecule has 1 fully saturated rings. The number of anilines is 2. The molecule has 3 N–H and O–H groups in total. The van der Waals surface area contributed by atoms with Gasteiger partial charge >= 0.3 is 11.7 Å². The van der Waals surface area contributed by atoms with Crippen LogP contribution in [0.3, 0.4) is 0 Å². The molecule has 30 heavy (non-hydrogen) atoms. The summed E-state index contributed by atoms with van der Waals surface area (Å²) < 4.78 is 27.3. The first-order chi connectivity index (χ1) is 14.3. The Morgan fingerprint density at radius 3 is 2.20 bits per heavy atom. The number of urea groups is 1. The smallest absolute Gasteiger partial charge is 0.321 e. The van der Waals surface area contributed by atoms with Crippen LogP contribution in [0.2, 0.25) is 0 Å². The van der Waals surface area contributed by atoms with Gasteiger partial charge in [-0.2, -0.15) is 0 Å². The van der Waals surface area contributed by atoms with Gasteiger partial charge in [0.25, 0.3) is 10.0 Å². The highest BCUT2D eigenvalue weighted by molar-refractivity contribution is 7.92. The van der Waals surface area contributed by atoms with Crippen LogP contribution < -0.4 is 10.0 Å². The lowest BCUT2D eigenvalue weighted by Gasteiger charge is -2.20. The number of nitro groups is 1. The van der Waals surface area contributed by atoms with Gasteiger partial charge in [-0.15, -0.1) is 0 Å². The third-order valence-corrected chi connectivity index (χ3v) is 6.11. The van der Waals surface area contributed by atoms with Crippen molar-refractivity contribution in [2.75, 3.05) is 23.1 Å². The van der Waals surface area contributed by atoms with Crippen LogP contribution in [0, 0.1) is 10.1 Å². The van der Waals surface area contributed by atoms with Crippen molar-refractivity contribution in [1.82, 2.24) is 4.90 Å². The van der Waals surface area contributed by atoms with E-state index < -0.39 is 26.4 Å². The van der Waals surface area contributed by atoms with Crippen molar-refractivity contribution in [3.8, 4) is 5.75 Å². The van der Waals surface area contributed by atoms with E-state index in [-0.39, 0.29) is 16.6 Å². The fraction of sp³-hybridized carbons (Fsp3) is 0.316. The molecule has 2 aromatic rings. The average molecular weight is 434 g/mol. The molecule has 11 heteroatoms. The van der Waals surface area contributed by atoms with Crippen molar-refractivity contribution in [1.29, 1.82) is 0 Å². The Morgan fingerprint density at radius 2 is 1.60 bits per heavy atom. The normalized spacial score (nSPS) is 14.6. The summed E-state index contributed by atoms with van der Waals surface area (Å²) in [5, 5.41) is 23.2. The maximum absolute atomic E-state index is 12.5. The molecule has 1 saturated heterocycles. The quantitative estimate of drug-likeness (QED) is 0.486. The van der Waals surface area contributed by atoms with Crippen LogP contribution in [0.5, 0.6) is 5.75 Å². The average Bonchev–Trinajstić information content (AvgIpc) is 2.99. The Bertz CT molecular complexity index is 1030. The summed E-state index contributed by atoms with van der Waals surface area (Å²) in [5.74, 6) is -0.622. The van der Waals surface area contributed by atoms with Crippen molar-refractivity contribution in [3.05, 3.63) is 52.6 Å². The molecule has 0 bridgehead atoms. The van der Waals surface area contributed by atoms with Crippen LogP contribution in [0.4, 0.5) is 21.9 Å². The number of phenolic OH excluding ortho intramolecular Hbond substituents is 1. The lowest BCUT2D eigenvalue weighted by atomic mass is 10.2. The molecule has 0 spiro atoms. The Hall–Kier alpha value is -3.34. The number of aromatic hydroxyl groups is 1. The molecular formula is C19H22N4O6S. The molecule has 3 rings (SSSR count). The van der Waals surface area contributed by atoms with Crippen LogP contribution in [0.15, 0.2) is 47.4 Å². The van der Waals surface area contributed by atoms with Gasteiger partial charge < -0.3 is 15.3 Å². The van der Waals surface area contributed by atoms with Gasteiger partial charge in [0.2, 0.25) is 0 Å². The molecule has 0 saturated carbocycles. The number of phenols is 1. The van der Waals surface area contributed by atoms with E-state index in [4.69, 9.17) is 0 Å². The molecule has 0 aromatic heterocycles. The van der Waals surface area contributed by atoms with Crippen LogP contribution in [0.1, 0.15) is 25.7 Å². The summed E-state index contributed by atoms with van der Waals surface area (Å²) in [5.41, 5.74) is 0.0374. The molecule has 1 aliphatic heterocycles. The largest absolute Gasteiger partial charge is 0.502 e. The van der Waals surface area contributed by atoms with E-state index >= 15 is 0 Å². The van der Waals surface area contributed by atoms with E-state index in [1.54, 1.807) is 17.0 Å². The summed E-state index contributed by atoms with van der Waals surface area (Å²) in [6.45, 7) is 1.42. The molecule has 1 heterocycles. The fourth-order valence-electron chi connectivity index (χ4n) is 3.13. The predicted molar refractivity (Wildman–Crippen MR) is 111 cm³/mol. The molecule has 0 radical (unpaired) electrons. The first-order valence-electron chi connectivity index (χ1n) is 9.42. The minimum absolute atomic E-state index is 0.193. The highest BCUT2D eigenvalue weighted by Crippen LogP contribution is 2.29. The van der Waals surface area contributed by atoms with Gasteiger partial charge in [0.05, 0.1) is 9.82 Å². The van der Waals surface area contributed by atoms with Gasteiger partial charge in [-0.1, -0.05) is 12.8 Å². The van der Waals surface area contributed by atoms with Gasteiger partial charge in [-0.05, 0) is 49.2 Å². The van der Waals surface area contributed by atoms with Gasteiger partial charge in [0, 0.05) is 30.5 Å². The number of sulfonamides is 1. The zero-order chi connectivity index (χ0) is 21.7. The monoisotopic (exact) mass is 434 g/mol. The van der Waals surface area contributed by atoms with Crippen molar-refractivity contribution in [3.63, 3.8) is 0 Å². The van der Waals surface area contributed by atoms with E-state index in [0.29, 0.717) is 18.8 Å². The van der Waals surface area contributed by atoms with Crippen molar-refractivity contribution in [2.45, 2.75) is 30.6 Å². The fourth-order valence-corrected chi connectivity index (χ4v) is 4.21. The molecule has 0 atom stereocenters. The SMILES string of the molecule is O=C(Nc1ccc(NS(=O)(=O)c2ccc(O)c([N+](=O)[O-])c2)cc1)N1CCCCCC1. The second kappa shape index (κ2) is 8.99. The number of hydrogen-bond donors (Lipinski definition) is 3. The number of hydrogen-bond acceptors (Lipinski definition) is 6. The topological polar surface area (TPSA) is 142 Å². The molecule has 160 valence electrons. The number of rotatable bonds is 5. The van der Waals surface area contributed by atoms with Gasteiger partial charge in [-0.3, -0.25) is 14.8 Å². The van der Waals surface area contributed by atoms with Gasteiger partial charge in [-0.25, -0.2) is 13.2 Å². The summed E-state index contributed by atoms with van der Waals surface area (Å²) in [4.78, 5) is 23.8. The zero-order valence-corrected chi connectivity index (χ0v) is 16.9. The molecule has 0 unspecified atom stereocenters.